The van der Waals surface area contributed by atoms with Crippen LogP contribution in [-0.2, 0) is 4.79 Å². The summed E-state index contributed by atoms with van der Waals surface area (Å²) >= 11 is 0. The molecule has 0 amide bonds. The molecule has 0 radical (unpaired) electrons. The maximum Gasteiger partial charge on any atom is 0.319 e. The molecular weight excluding hydrogens is 392 g/mol. The van der Waals surface area contributed by atoms with Crippen molar-refractivity contribution in [1.82, 2.24) is 0 Å². The molecule has 0 spiro atoms. The predicted octanol–water partition coefficient (Wildman–Crippen LogP) is 1.68. The maximum absolute atomic E-state index is 11.5. The average Bonchev–Trinajstić information content (AvgIpc) is 2.68. The van der Waals surface area contributed by atoms with Crippen LogP contribution in [0.25, 0.3) is 0 Å². The molecule has 2 rings (SSSR count). The van der Waals surface area contributed by atoms with Gasteiger partial charge in [0.1, 0.15) is 6.29 Å². The van der Waals surface area contributed by atoms with Crippen molar-refractivity contribution in [3.05, 3.63) is 55.6 Å². The minimum absolute atomic E-state index is 0.0397. The molecule has 1 atom stereocenters. The zero-order valence-electron chi connectivity index (χ0n) is 15.0. The van der Waals surface area contributed by atoms with Gasteiger partial charge in [-0.25, -0.2) is 0 Å². The summed E-state index contributed by atoms with van der Waals surface area (Å²) in [6.07, 6.45) is 0.377. The number of phenolic OH excluding ortho intramolecular Hbond substituents is 1. The Labute approximate surface area is 162 Å². The lowest BCUT2D eigenvalue weighted by molar-refractivity contribution is -0.395. The number of rotatable bonds is 8. The van der Waals surface area contributed by atoms with Crippen LogP contribution in [0, 0.1) is 20.2 Å². The molecule has 1 N–H and O–H groups in total. The molecule has 2 aromatic carbocycles. The van der Waals surface area contributed by atoms with E-state index in [1.54, 1.807) is 0 Å². The van der Waals surface area contributed by atoms with Gasteiger partial charge in [0, 0.05) is 29.6 Å². The molecule has 0 aliphatic heterocycles. The molecule has 0 fully saturated rings. The van der Waals surface area contributed by atoms with Crippen LogP contribution in [0.3, 0.4) is 0 Å². The Balaban J connectivity index is 2.75. The molecule has 29 heavy (non-hydrogen) atoms. The smallest absolute Gasteiger partial charge is 0.319 e. The van der Waals surface area contributed by atoms with Crippen LogP contribution >= 0.6 is 0 Å². The molecule has 0 bridgehead atoms. The number of phenols is 1. The molecule has 12 nitrogen and oxygen atoms in total. The highest BCUT2D eigenvalue weighted by Gasteiger charge is 2.31. The Bertz CT molecular complexity index is 983. The fourth-order valence-corrected chi connectivity index (χ4v) is 2.40. The van der Waals surface area contributed by atoms with E-state index in [-0.39, 0.29) is 16.9 Å². The summed E-state index contributed by atoms with van der Waals surface area (Å²) in [4.78, 5) is 43.0. The normalized spacial score (nSPS) is 11.4. The van der Waals surface area contributed by atoms with Crippen LogP contribution in [0.2, 0.25) is 0 Å². The molecule has 0 heterocycles. The number of nitro benzene ring substituents is 2. The summed E-state index contributed by atoms with van der Waals surface area (Å²) in [6, 6.07) is 3.74. The Morgan fingerprint density at radius 3 is 2.03 bits per heavy atom. The van der Waals surface area contributed by atoms with Gasteiger partial charge in [0.05, 0.1) is 17.0 Å². The standard InChI is InChI=1S/C17H14N2O10/c1-8(17(22)23)10-5-11(18(24)25)16(12(6-10)19(26)27)29-14-4-9(7-20)3-13(28-2)15(14)21/h3-8,21H,1-2H3,(H,22,23)/p-1. The summed E-state index contributed by atoms with van der Waals surface area (Å²) in [6.45, 7) is 1.14. The number of carboxylic acid groups (broad SMARTS) is 1. The topological polar surface area (TPSA) is 182 Å². The van der Waals surface area contributed by atoms with Gasteiger partial charge >= 0.3 is 11.4 Å². The van der Waals surface area contributed by atoms with Crippen LogP contribution in [-0.4, -0.2) is 34.3 Å². The van der Waals surface area contributed by atoms with Crippen molar-refractivity contribution >= 4 is 23.6 Å². The number of carboxylic acids is 1. The van der Waals surface area contributed by atoms with Gasteiger partial charge in [-0.2, -0.15) is 0 Å². The number of aldehydes is 1. The van der Waals surface area contributed by atoms with Crippen LogP contribution in [0.15, 0.2) is 24.3 Å². The largest absolute Gasteiger partial charge is 0.550 e. The highest BCUT2D eigenvalue weighted by molar-refractivity contribution is 5.79. The zero-order chi connectivity index (χ0) is 21.9. The van der Waals surface area contributed by atoms with E-state index >= 15 is 0 Å². The minimum atomic E-state index is -1.59. The number of aromatic hydroxyl groups is 1. The first-order chi connectivity index (χ1) is 13.6. The van der Waals surface area contributed by atoms with Gasteiger partial charge < -0.3 is 24.5 Å². The van der Waals surface area contributed by atoms with E-state index in [9.17, 15) is 40.0 Å². The van der Waals surface area contributed by atoms with Crippen molar-refractivity contribution in [2.75, 3.05) is 7.11 Å². The van der Waals surface area contributed by atoms with Crippen LogP contribution in [0.1, 0.15) is 28.8 Å². The summed E-state index contributed by atoms with van der Waals surface area (Å²) in [5, 5.41) is 44.1. The number of carbonyl (C=O) groups is 2. The number of hydrogen-bond acceptors (Lipinski definition) is 10. The maximum atomic E-state index is 11.5. The Hall–Kier alpha value is -4.22. The zero-order valence-corrected chi connectivity index (χ0v) is 15.0. The Morgan fingerprint density at radius 1 is 1.10 bits per heavy atom. The number of benzene rings is 2. The summed E-state index contributed by atoms with van der Waals surface area (Å²) in [7, 11) is 1.18. The number of hydrogen-bond donors (Lipinski definition) is 1. The quantitative estimate of drug-likeness (QED) is 0.385. The lowest BCUT2D eigenvalue weighted by Gasteiger charge is -2.15. The number of nitrogens with zero attached hydrogens (tertiary/aromatic N) is 2. The van der Waals surface area contributed by atoms with Crippen molar-refractivity contribution in [3.8, 4) is 23.0 Å². The Morgan fingerprint density at radius 2 is 1.62 bits per heavy atom. The van der Waals surface area contributed by atoms with Crippen LogP contribution in [0.4, 0.5) is 11.4 Å². The van der Waals surface area contributed by atoms with Gasteiger partial charge in [-0.15, -0.1) is 0 Å². The van der Waals surface area contributed by atoms with Gasteiger partial charge in [0.15, 0.2) is 11.5 Å². The van der Waals surface area contributed by atoms with Gasteiger partial charge in [-0.1, -0.05) is 6.92 Å². The molecular formula is C17H13N2O10-. The number of methoxy groups -OCH3 is 1. The fourth-order valence-electron chi connectivity index (χ4n) is 2.40. The molecule has 0 saturated carbocycles. The molecule has 1 unspecified atom stereocenters. The third-order valence-corrected chi connectivity index (χ3v) is 3.95. The minimum Gasteiger partial charge on any atom is -0.550 e. The van der Waals surface area contributed by atoms with Gasteiger partial charge in [0.2, 0.25) is 5.75 Å². The van der Waals surface area contributed by atoms with Gasteiger partial charge in [-0.05, 0) is 17.7 Å². The number of nitro groups is 2. The van der Waals surface area contributed by atoms with E-state index in [1.807, 2.05) is 0 Å². The van der Waals surface area contributed by atoms with Crippen LogP contribution in [0.5, 0.6) is 23.0 Å². The highest BCUT2D eigenvalue weighted by atomic mass is 16.6. The molecule has 0 saturated heterocycles. The van der Waals surface area contributed by atoms with Crippen molar-refractivity contribution < 1.29 is 39.1 Å². The van der Waals surface area contributed by atoms with Crippen molar-refractivity contribution in [3.63, 3.8) is 0 Å². The van der Waals surface area contributed by atoms with Crippen molar-refractivity contribution in [1.29, 1.82) is 0 Å². The first-order valence-electron chi connectivity index (χ1n) is 7.82. The molecule has 0 aliphatic rings. The second-order valence-corrected chi connectivity index (χ2v) is 5.73. The van der Waals surface area contributed by atoms with Crippen molar-refractivity contribution in [2.45, 2.75) is 12.8 Å². The average molecular weight is 405 g/mol. The molecule has 0 aliphatic carbocycles. The molecule has 2 aromatic rings. The lowest BCUT2D eigenvalue weighted by atomic mass is 9.99. The number of carbonyl (C=O) groups excluding carboxylic acids is 2. The Kier molecular flexibility index (Phi) is 5.97. The van der Waals surface area contributed by atoms with Gasteiger partial charge in [-0.3, -0.25) is 25.0 Å². The van der Waals surface area contributed by atoms with Crippen LogP contribution < -0.4 is 14.6 Å². The van der Waals surface area contributed by atoms with E-state index in [0.717, 1.165) is 31.2 Å². The molecule has 0 aromatic heterocycles. The monoisotopic (exact) mass is 405 g/mol. The third kappa shape index (κ3) is 4.21. The van der Waals surface area contributed by atoms with E-state index in [4.69, 9.17) is 9.47 Å². The first kappa shape index (κ1) is 21.1. The first-order valence-corrected chi connectivity index (χ1v) is 7.82. The second-order valence-electron chi connectivity index (χ2n) is 5.73. The fraction of sp³-hybridized carbons (Fsp3) is 0.176. The third-order valence-electron chi connectivity index (χ3n) is 3.95. The van der Waals surface area contributed by atoms with E-state index in [1.165, 1.54) is 7.11 Å². The summed E-state index contributed by atoms with van der Waals surface area (Å²) < 4.78 is 10.1. The van der Waals surface area contributed by atoms with E-state index in [0.29, 0.717) is 6.29 Å². The molecule has 12 heteroatoms. The molecule has 152 valence electrons. The number of ether oxygens (including phenoxy) is 2. The summed E-state index contributed by atoms with van der Waals surface area (Å²) in [5.41, 5.74) is -2.13. The SMILES string of the molecule is COc1cc(C=O)cc(Oc2c([N+](=O)[O-])cc(C(C)C(=O)[O-])cc2[N+](=O)[O-])c1O. The van der Waals surface area contributed by atoms with E-state index in [2.05, 4.69) is 0 Å². The predicted molar refractivity (Wildman–Crippen MR) is 93.3 cm³/mol. The number of aliphatic carboxylic acids is 1. The second kappa shape index (κ2) is 8.21. The van der Waals surface area contributed by atoms with Gasteiger partial charge in [0.25, 0.3) is 5.75 Å². The van der Waals surface area contributed by atoms with E-state index < -0.39 is 50.4 Å². The summed E-state index contributed by atoms with van der Waals surface area (Å²) in [5.74, 6) is -5.23. The highest BCUT2D eigenvalue weighted by Crippen LogP contribution is 2.46. The van der Waals surface area contributed by atoms with Crippen molar-refractivity contribution in [2.24, 2.45) is 0 Å². The lowest BCUT2D eigenvalue weighted by Crippen LogP contribution is -2.28.